The van der Waals surface area contributed by atoms with Crippen LogP contribution in [0.25, 0.3) is 0 Å². The molecule has 45 heavy (non-hydrogen) atoms. The summed E-state index contributed by atoms with van der Waals surface area (Å²) in [7, 11) is 12.4. The van der Waals surface area contributed by atoms with Crippen LogP contribution < -0.4 is 0 Å². The van der Waals surface area contributed by atoms with Gasteiger partial charge in [0.25, 0.3) is 0 Å². The van der Waals surface area contributed by atoms with Gasteiger partial charge in [0.1, 0.15) is 0 Å². The zero-order valence-corrected chi connectivity index (χ0v) is 36.3. The fraction of sp³-hybridized carbons (Fsp3) is 0.805. The van der Waals surface area contributed by atoms with E-state index in [1.807, 2.05) is 0 Å². The normalized spacial score (nSPS) is 34.5. The lowest BCUT2D eigenvalue weighted by molar-refractivity contribution is -0.0379. The van der Waals surface area contributed by atoms with Crippen molar-refractivity contribution in [1.82, 2.24) is 0 Å². The van der Waals surface area contributed by atoms with Crippen molar-refractivity contribution in [3.63, 3.8) is 0 Å². The van der Waals surface area contributed by atoms with Crippen LogP contribution >= 0.6 is 37.0 Å². The van der Waals surface area contributed by atoms with Crippen molar-refractivity contribution < 1.29 is 0 Å². The van der Waals surface area contributed by atoms with Crippen molar-refractivity contribution in [1.29, 1.82) is 0 Å². The molecule has 2 aliphatic carbocycles. The minimum atomic E-state index is 0.188. The van der Waals surface area contributed by atoms with E-state index < -0.39 is 0 Å². The van der Waals surface area contributed by atoms with Crippen LogP contribution in [0.5, 0.6) is 0 Å². The quantitative estimate of drug-likeness (QED) is 0.141. The SMILES string of the molecule is CC=C1/C(=C\C)C([C@H](C)CC[C@@H](C)P)C2(C1[C@H](C)CC[C@@H](C)P)C([C@H](C)CC[C@@H](C)P)C(=C/C)/C(=C\C)C2[C@H](C)CC[C@@H](C)P. The predicted octanol–water partition coefficient (Wildman–Crippen LogP) is 13.0. The zero-order valence-electron chi connectivity index (χ0n) is 31.7. The van der Waals surface area contributed by atoms with E-state index in [0.717, 1.165) is 0 Å². The number of rotatable bonds is 16. The molecule has 0 aromatic carbocycles. The minimum absolute atomic E-state index is 0.188. The average Bonchev–Trinajstić information content (AvgIpc) is 3.44. The summed E-state index contributed by atoms with van der Waals surface area (Å²) in [6.45, 7) is 29.6. The Morgan fingerprint density at radius 1 is 0.400 bits per heavy atom. The molecular weight excluding hydrogens is 616 g/mol. The van der Waals surface area contributed by atoms with E-state index in [9.17, 15) is 0 Å². The Balaban J connectivity index is 3.12. The van der Waals surface area contributed by atoms with Crippen molar-refractivity contribution >= 4 is 37.0 Å². The molecule has 1 spiro atoms. The fourth-order valence-electron chi connectivity index (χ4n) is 10.3. The molecule has 16 atom stereocenters. The van der Waals surface area contributed by atoms with E-state index in [1.165, 1.54) is 51.4 Å². The van der Waals surface area contributed by atoms with Gasteiger partial charge >= 0.3 is 0 Å². The van der Waals surface area contributed by atoms with Crippen molar-refractivity contribution in [2.45, 2.75) is 157 Å². The molecule has 0 nitrogen and oxygen atoms in total. The molecule has 0 heterocycles. The molecule has 0 aliphatic heterocycles. The molecule has 0 radical (unpaired) electrons. The van der Waals surface area contributed by atoms with Gasteiger partial charge in [-0.05, 0) is 177 Å². The van der Waals surface area contributed by atoms with Gasteiger partial charge in [-0.2, -0.15) is 0 Å². The maximum atomic E-state index is 3.10. The number of allylic oxidation sites excluding steroid dienone is 8. The van der Waals surface area contributed by atoms with E-state index >= 15 is 0 Å². The Morgan fingerprint density at radius 2 is 0.578 bits per heavy atom. The van der Waals surface area contributed by atoms with Gasteiger partial charge in [0.2, 0.25) is 0 Å². The Labute approximate surface area is 292 Å². The monoisotopic (exact) mass is 692 g/mol. The third-order valence-electron chi connectivity index (χ3n) is 12.0. The molecule has 0 aromatic rings. The molecule has 4 heteroatoms. The standard InChI is InChI=1S/C41H76P4/c1-13-33-34(14-2)38(26(6)18-22-30(10)43)41(37(33)25(5)17-21-29(9)42)39(27(7)19-23-31(11)44)35(15-3)36(16-4)40(41)28(8)20-24-32(12)45/h13-16,25-32,37-40H,17-24,42-45H2,1-12H3/b33-13+,34-14+,35-15+,36-16?/t25-,26-,27-,28-,29-,30-,31-,32-,37?,38?,39?,40?,41?/m1/s1. The molecule has 0 N–H and O–H groups in total. The first kappa shape index (κ1) is 41.8. The van der Waals surface area contributed by atoms with Crippen LogP contribution in [0.15, 0.2) is 46.6 Å². The van der Waals surface area contributed by atoms with Crippen LogP contribution in [-0.2, 0) is 0 Å². The Kier molecular flexibility index (Phi) is 17.8. The highest BCUT2D eigenvalue weighted by Gasteiger charge is 2.69. The second kappa shape index (κ2) is 19.2. The smallest absolute Gasteiger partial charge is 0.00126 e. The summed E-state index contributed by atoms with van der Waals surface area (Å²) in [5.74, 6) is 4.89. The van der Waals surface area contributed by atoms with E-state index in [4.69, 9.17) is 0 Å². The minimum Gasteiger partial charge on any atom is -0.135 e. The molecule has 0 bridgehead atoms. The lowest BCUT2D eigenvalue weighted by Crippen LogP contribution is -2.50. The first-order chi connectivity index (χ1) is 21.1. The van der Waals surface area contributed by atoms with Crippen molar-refractivity contribution in [3.8, 4) is 0 Å². The maximum absolute atomic E-state index is 3.10. The first-order valence-electron chi connectivity index (χ1n) is 18.8. The molecule has 2 rings (SSSR count). The van der Waals surface area contributed by atoms with Gasteiger partial charge < -0.3 is 0 Å². The second-order valence-electron chi connectivity index (χ2n) is 16.0. The molecule has 2 fully saturated rings. The highest BCUT2D eigenvalue weighted by atomic mass is 31.0. The highest BCUT2D eigenvalue weighted by molar-refractivity contribution is 7.18. The summed E-state index contributed by atoms with van der Waals surface area (Å²) >= 11 is 0. The lowest BCUT2D eigenvalue weighted by atomic mass is 9.50. The molecule has 260 valence electrons. The van der Waals surface area contributed by atoms with Gasteiger partial charge in [0.15, 0.2) is 0 Å². The Bertz CT molecular complexity index is 863. The molecule has 8 unspecified atom stereocenters. The maximum Gasteiger partial charge on any atom is -0.00126 e. The second-order valence-corrected chi connectivity index (χ2v) is 20.6. The van der Waals surface area contributed by atoms with Gasteiger partial charge in [-0.3, -0.25) is 0 Å². The van der Waals surface area contributed by atoms with Crippen LogP contribution in [0, 0.1) is 52.8 Å². The predicted molar refractivity (Wildman–Crippen MR) is 222 cm³/mol. The molecular formula is C41H76P4. The summed E-state index contributed by atoms with van der Waals surface area (Å²) < 4.78 is 0. The molecule has 2 saturated carbocycles. The van der Waals surface area contributed by atoms with Crippen molar-refractivity contribution in [3.05, 3.63) is 46.6 Å². The van der Waals surface area contributed by atoms with E-state index in [0.29, 0.717) is 70.0 Å². The molecule has 0 amide bonds. The van der Waals surface area contributed by atoms with E-state index in [-0.39, 0.29) is 5.41 Å². The van der Waals surface area contributed by atoms with Crippen LogP contribution in [0.4, 0.5) is 0 Å². The topological polar surface area (TPSA) is 0 Å². The van der Waals surface area contributed by atoms with Crippen LogP contribution in [0.2, 0.25) is 0 Å². The summed E-state index contributed by atoms with van der Waals surface area (Å²) in [6.07, 6.45) is 20.7. The Morgan fingerprint density at radius 3 is 0.711 bits per heavy atom. The van der Waals surface area contributed by atoms with Gasteiger partial charge in [-0.25, -0.2) is 0 Å². The summed E-state index contributed by atoms with van der Waals surface area (Å²) in [5, 5.41) is 0. The lowest BCUT2D eigenvalue weighted by Gasteiger charge is -2.53. The average molecular weight is 693 g/mol. The van der Waals surface area contributed by atoms with Crippen molar-refractivity contribution in [2.75, 3.05) is 0 Å². The fourth-order valence-corrected chi connectivity index (χ4v) is 11.1. The zero-order chi connectivity index (χ0) is 34.2. The van der Waals surface area contributed by atoms with Gasteiger partial charge in [0.05, 0.1) is 0 Å². The van der Waals surface area contributed by atoms with Crippen LogP contribution in [-0.4, -0.2) is 22.6 Å². The number of hydrogen-bond donors (Lipinski definition) is 0. The van der Waals surface area contributed by atoms with Crippen LogP contribution in [0.1, 0.15) is 134 Å². The van der Waals surface area contributed by atoms with E-state index in [2.05, 4.69) is 144 Å². The van der Waals surface area contributed by atoms with Crippen molar-refractivity contribution in [2.24, 2.45) is 52.8 Å². The highest BCUT2D eigenvalue weighted by Crippen LogP contribution is 2.75. The van der Waals surface area contributed by atoms with Gasteiger partial charge in [0, 0.05) is 0 Å². The van der Waals surface area contributed by atoms with Crippen LogP contribution in [0.3, 0.4) is 0 Å². The van der Waals surface area contributed by atoms with Gasteiger partial charge in [-0.1, -0.05) is 79.7 Å². The largest absolute Gasteiger partial charge is 0.135 e. The third kappa shape index (κ3) is 9.48. The first-order valence-corrected chi connectivity index (χ1v) is 21.5. The molecule has 0 saturated heterocycles. The summed E-state index contributed by atoms with van der Waals surface area (Å²) in [5.41, 5.74) is 9.67. The third-order valence-corrected chi connectivity index (χ3v) is 13.3. The van der Waals surface area contributed by atoms with Gasteiger partial charge in [-0.15, -0.1) is 37.0 Å². The Hall–Kier alpha value is 0.680. The van der Waals surface area contributed by atoms with E-state index in [1.54, 1.807) is 22.3 Å². The molecule has 2 aliphatic rings. The number of hydrogen-bond acceptors (Lipinski definition) is 0. The summed E-state index contributed by atoms with van der Waals surface area (Å²) in [6, 6.07) is 0. The summed E-state index contributed by atoms with van der Waals surface area (Å²) in [4.78, 5) is 0. The molecule has 0 aromatic heterocycles.